The van der Waals surface area contributed by atoms with Crippen LogP contribution in [0.15, 0.2) is 51.3 Å². The molecule has 9 heteroatoms. The molecule has 0 bridgehead atoms. The van der Waals surface area contributed by atoms with Gasteiger partial charge in [0.25, 0.3) is 0 Å². The van der Waals surface area contributed by atoms with E-state index in [9.17, 15) is 0 Å². The summed E-state index contributed by atoms with van der Waals surface area (Å²) in [5.41, 5.74) is 9.03. The Morgan fingerprint density at radius 2 is 2.11 bits per heavy atom. The van der Waals surface area contributed by atoms with E-state index in [0.717, 1.165) is 28.5 Å². The van der Waals surface area contributed by atoms with Gasteiger partial charge in [-0.3, -0.25) is 0 Å². The predicted octanol–water partition coefficient (Wildman–Crippen LogP) is 4.85. The van der Waals surface area contributed by atoms with Gasteiger partial charge in [0.05, 0.1) is 10.5 Å². The van der Waals surface area contributed by atoms with Crippen LogP contribution in [0.2, 0.25) is 5.02 Å². The standard InChI is InChI=1S/C19H15ClN4O2S2/c20-12-7-14-15(26-10-25-14)8-16(12)28-19-23-17-13(1-4-22-18(17)21)24(19)5-2-11-3-6-27-9-11/h1,3-4,6-9H,2,5,10H2,(H2,21,22). The maximum Gasteiger partial charge on any atom is 0.231 e. The van der Waals surface area contributed by atoms with Gasteiger partial charge in [0.15, 0.2) is 22.5 Å². The molecule has 0 spiro atoms. The fourth-order valence-electron chi connectivity index (χ4n) is 3.10. The monoisotopic (exact) mass is 430 g/mol. The number of halogens is 1. The topological polar surface area (TPSA) is 75.2 Å². The first-order valence-electron chi connectivity index (χ1n) is 8.58. The lowest BCUT2D eigenvalue weighted by Gasteiger charge is -2.10. The van der Waals surface area contributed by atoms with Gasteiger partial charge in [0, 0.05) is 23.7 Å². The maximum atomic E-state index is 6.47. The van der Waals surface area contributed by atoms with Crippen molar-refractivity contribution < 1.29 is 9.47 Å². The van der Waals surface area contributed by atoms with Crippen molar-refractivity contribution >= 4 is 51.6 Å². The summed E-state index contributed by atoms with van der Waals surface area (Å²) in [6.07, 6.45) is 2.61. The molecular formula is C19H15ClN4O2S2. The van der Waals surface area contributed by atoms with Gasteiger partial charge in [-0.25, -0.2) is 9.97 Å². The van der Waals surface area contributed by atoms with E-state index in [-0.39, 0.29) is 6.79 Å². The van der Waals surface area contributed by atoms with Gasteiger partial charge < -0.3 is 19.8 Å². The van der Waals surface area contributed by atoms with Crippen LogP contribution < -0.4 is 15.2 Å². The highest BCUT2D eigenvalue weighted by Gasteiger charge is 2.20. The van der Waals surface area contributed by atoms with Crippen LogP contribution in [0.25, 0.3) is 11.0 Å². The average Bonchev–Trinajstić information content (AvgIpc) is 3.41. The van der Waals surface area contributed by atoms with Crippen molar-refractivity contribution in [3.05, 3.63) is 51.8 Å². The molecule has 1 aliphatic rings. The number of pyridine rings is 1. The van der Waals surface area contributed by atoms with E-state index in [1.807, 2.05) is 12.1 Å². The highest BCUT2D eigenvalue weighted by Crippen LogP contribution is 2.43. The number of nitrogen functional groups attached to an aromatic ring is 1. The second-order valence-corrected chi connectivity index (χ2v) is 8.43. The zero-order valence-electron chi connectivity index (χ0n) is 14.6. The Balaban J connectivity index is 1.54. The molecule has 5 rings (SSSR count). The number of fused-ring (bicyclic) bond motifs is 2. The van der Waals surface area contributed by atoms with Crippen LogP contribution in [0.5, 0.6) is 11.5 Å². The van der Waals surface area contributed by atoms with E-state index < -0.39 is 0 Å². The molecule has 0 saturated carbocycles. The van der Waals surface area contributed by atoms with Gasteiger partial charge in [-0.15, -0.1) is 0 Å². The Morgan fingerprint density at radius 1 is 1.25 bits per heavy atom. The summed E-state index contributed by atoms with van der Waals surface area (Å²) in [6.45, 7) is 0.988. The van der Waals surface area contributed by atoms with Crippen LogP contribution in [0, 0.1) is 0 Å². The van der Waals surface area contributed by atoms with Gasteiger partial charge in [0.2, 0.25) is 6.79 Å². The summed E-state index contributed by atoms with van der Waals surface area (Å²) >= 11 is 9.65. The molecule has 0 atom stereocenters. The number of ether oxygens (including phenoxy) is 2. The largest absolute Gasteiger partial charge is 0.454 e. The molecular weight excluding hydrogens is 416 g/mol. The number of nitrogens with two attached hydrogens (primary N) is 1. The third-order valence-corrected chi connectivity index (χ3v) is 6.70. The molecule has 0 aliphatic carbocycles. The lowest BCUT2D eigenvalue weighted by Crippen LogP contribution is -2.03. The number of benzene rings is 1. The quantitative estimate of drug-likeness (QED) is 0.487. The molecule has 0 unspecified atom stereocenters. The fraction of sp³-hybridized carbons (Fsp3) is 0.158. The van der Waals surface area contributed by atoms with E-state index in [1.165, 1.54) is 17.3 Å². The fourth-order valence-corrected chi connectivity index (χ4v) is 5.02. The zero-order valence-corrected chi connectivity index (χ0v) is 17.0. The summed E-state index contributed by atoms with van der Waals surface area (Å²) in [5, 5.41) is 5.66. The molecule has 28 heavy (non-hydrogen) atoms. The van der Waals surface area contributed by atoms with Crippen molar-refractivity contribution in [2.24, 2.45) is 0 Å². The molecule has 0 saturated heterocycles. The summed E-state index contributed by atoms with van der Waals surface area (Å²) in [6, 6.07) is 7.75. The molecule has 1 aromatic carbocycles. The van der Waals surface area contributed by atoms with Gasteiger partial charge in [0.1, 0.15) is 5.52 Å². The van der Waals surface area contributed by atoms with Crippen LogP contribution in [0.3, 0.4) is 0 Å². The number of aryl methyl sites for hydroxylation is 2. The number of hydrogen-bond donors (Lipinski definition) is 1. The molecule has 2 N–H and O–H groups in total. The Kier molecular flexibility index (Phi) is 4.54. The van der Waals surface area contributed by atoms with Crippen LogP contribution in [0.4, 0.5) is 5.82 Å². The number of imidazole rings is 1. The molecule has 6 nitrogen and oxygen atoms in total. The second kappa shape index (κ2) is 7.20. The number of rotatable bonds is 5. The lowest BCUT2D eigenvalue weighted by atomic mass is 10.2. The normalized spacial score (nSPS) is 12.8. The summed E-state index contributed by atoms with van der Waals surface area (Å²) in [7, 11) is 0. The maximum absolute atomic E-state index is 6.47. The molecule has 4 heterocycles. The van der Waals surface area contributed by atoms with Crippen molar-refractivity contribution in [3.63, 3.8) is 0 Å². The van der Waals surface area contributed by atoms with Crippen molar-refractivity contribution in [1.82, 2.24) is 14.5 Å². The third-order valence-electron chi connectivity index (χ3n) is 4.49. The Hall–Kier alpha value is -2.42. The SMILES string of the molecule is Nc1nccc2c1nc(Sc1cc3c(cc1Cl)OCO3)n2CCc1ccsc1. The molecule has 0 radical (unpaired) electrons. The van der Waals surface area contributed by atoms with Crippen LogP contribution in [-0.2, 0) is 13.0 Å². The molecule has 142 valence electrons. The highest BCUT2D eigenvalue weighted by atomic mass is 35.5. The van der Waals surface area contributed by atoms with Gasteiger partial charge in [-0.2, -0.15) is 11.3 Å². The molecule has 1 aliphatic heterocycles. The summed E-state index contributed by atoms with van der Waals surface area (Å²) < 4.78 is 13.0. The smallest absolute Gasteiger partial charge is 0.231 e. The summed E-state index contributed by atoms with van der Waals surface area (Å²) in [4.78, 5) is 9.78. The average molecular weight is 431 g/mol. The van der Waals surface area contributed by atoms with Crippen molar-refractivity contribution in [2.75, 3.05) is 12.5 Å². The number of aromatic nitrogens is 3. The van der Waals surface area contributed by atoms with E-state index in [1.54, 1.807) is 23.6 Å². The van der Waals surface area contributed by atoms with E-state index in [0.29, 0.717) is 27.9 Å². The first kappa shape index (κ1) is 17.7. The third kappa shape index (κ3) is 3.17. The minimum atomic E-state index is 0.209. The van der Waals surface area contributed by atoms with E-state index in [4.69, 9.17) is 31.8 Å². The van der Waals surface area contributed by atoms with Crippen molar-refractivity contribution in [2.45, 2.75) is 23.0 Å². The second-order valence-electron chi connectivity index (χ2n) is 6.23. The molecule has 0 fully saturated rings. The minimum Gasteiger partial charge on any atom is -0.454 e. The van der Waals surface area contributed by atoms with E-state index in [2.05, 4.69) is 26.4 Å². The number of hydrogen-bond acceptors (Lipinski definition) is 7. The number of thiophene rings is 1. The first-order valence-corrected chi connectivity index (χ1v) is 10.7. The Bertz CT molecular complexity index is 1160. The zero-order chi connectivity index (χ0) is 19.1. The molecule has 4 aromatic rings. The van der Waals surface area contributed by atoms with Crippen molar-refractivity contribution in [1.29, 1.82) is 0 Å². The lowest BCUT2D eigenvalue weighted by molar-refractivity contribution is 0.174. The van der Waals surface area contributed by atoms with Crippen LogP contribution >= 0.6 is 34.7 Å². The van der Waals surface area contributed by atoms with E-state index >= 15 is 0 Å². The van der Waals surface area contributed by atoms with Crippen LogP contribution in [0.1, 0.15) is 5.56 Å². The predicted molar refractivity (Wildman–Crippen MR) is 112 cm³/mol. The van der Waals surface area contributed by atoms with Gasteiger partial charge in [-0.1, -0.05) is 11.6 Å². The number of nitrogens with zero attached hydrogens (tertiary/aromatic N) is 3. The van der Waals surface area contributed by atoms with Gasteiger partial charge in [-0.05, 0) is 52.7 Å². The van der Waals surface area contributed by atoms with Crippen molar-refractivity contribution in [3.8, 4) is 11.5 Å². The Labute approximate surface area is 174 Å². The highest BCUT2D eigenvalue weighted by molar-refractivity contribution is 7.99. The van der Waals surface area contributed by atoms with Crippen LogP contribution in [-0.4, -0.2) is 21.3 Å². The summed E-state index contributed by atoms with van der Waals surface area (Å²) in [5.74, 6) is 1.77. The minimum absolute atomic E-state index is 0.209. The molecule has 0 amide bonds. The Morgan fingerprint density at radius 3 is 2.93 bits per heavy atom. The molecule has 3 aromatic heterocycles. The first-order chi connectivity index (χ1) is 13.7. The number of anilines is 1. The van der Waals surface area contributed by atoms with Gasteiger partial charge >= 0.3 is 0 Å².